The van der Waals surface area contributed by atoms with Crippen LogP contribution in [0.15, 0.2) is 24.3 Å². The molecule has 10 heteroatoms. The predicted octanol–water partition coefficient (Wildman–Crippen LogP) is -2.08. The van der Waals surface area contributed by atoms with Crippen LogP contribution < -0.4 is 34.3 Å². The van der Waals surface area contributed by atoms with Gasteiger partial charge in [0.25, 0.3) is 0 Å². The number of rotatable bonds is 6. The second kappa shape index (κ2) is 8.04. The summed E-state index contributed by atoms with van der Waals surface area (Å²) in [5, 5.41) is -4.64. The molecule has 1 rings (SSSR count). The molecule has 0 bridgehead atoms. The number of esters is 1. The Morgan fingerprint density at radius 3 is 2.24 bits per heavy atom. The summed E-state index contributed by atoms with van der Waals surface area (Å²) >= 11 is 0. The van der Waals surface area contributed by atoms with Crippen molar-refractivity contribution >= 4 is 16.1 Å². The van der Waals surface area contributed by atoms with Crippen molar-refractivity contribution in [2.45, 2.75) is 11.7 Å². The van der Waals surface area contributed by atoms with Crippen molar-refractivity contribution in [2.24, 2.45) is 0 Å². The van der Waals surface area contributed by atoms with E-state index in [0.29, 0.717) is 11.3 Å². The van der Waals surface area contributed by atoms with Crippen molar-refractivity contribution in [1.29, 1.82) is 0 Å². The predicted molar refractivity (Wildman–Crippen MR) is 62.3 cm³/mol. The Kier molecular flexibility index (Phi) is 7.76. The maximum atomic E-state index is 12.7. The molecule has 1 aromatic rings. The first-order valence-electron chi connectivity index (χ1n) is 5.27. The quantitative estimate of drug-likeness (QED) is 0.337. The van der Waals surface area contributed by atoms with E-state index in [4.69, 9.17) is 4.74 Å². The zero-order chi connectivity index (χ0) is 15.4. The van der Waals surface area contributed by atoms with E-state index in [1.54, 1.807) is 12.1 Å². The van der Waals surface area contributed by atoms with Gasteiger partial charge in [-0.05, 0) is 17.7 Å². The van der Waals surface area contributed by atoms with E-state index in [-0.39, 0.29) is 36.0 Å². The van der Waals surface area contributed by atoms with Gasteiger partial charge in [-0.1, -0.05) is 12.1 Å². The van der Waals surface area contributed by atoms with E-state index in [0.717, 1.165) is 0 Å². The summed E-state index contributed by atoms with van der Waals surface area (Å²) in [6, 6.07) is 6.14. The molecule has 0 aromatic heterocycles. The van der Waals surface area contributed by atoms with E-state index in [2.05, 4.69) is 4.74 Å². The molecule has 0 aliphatic heterocycles. The number of benzene rings is 1. The number of hydrogen-bond acceptors (Lipinski definition) is 6. The van der Waals surface area contributed by atoms with Gasteiger partial charge in [0.1, 0.15) is 5.75 Å². The molecule has 0 aliphatic carbocycles. The van der Waals surface area contributed by atoms with Crippen LogP contribution in [0.1, 0.15) is 5.56 Å². The average molecular weight is 332 g/mol. The van der Waals surface area contributed by atoms with Gasteiger partial charge < -0.3 is 14.0 Å². The van der Waals surface area contributed by atoms with Gasteiger partial charge in [-0.15, -0.1) is 0 Å². The molecular formula is C11H11F2NaO6S. The van der Waals surface area contributed by atoms with Gasteiger partial charge in [-0.2, -0.15) is 8.78 Å². The maximum Gasteiger partial charge on any atom is 1.00 e. The van der Waals surface area contributed by atoms with Crippen LogP contribution in [0.25, 0.3) is 0 Å². The summed E-state index contributed by atoms with van der Waals surface area (Å²) in [6.07, 6.45) is -0.334. The molecule has 0 atom stereocenters. The number of hydrogen-bond donors (Lipinski definition) is 0. The molecule has 0 saturated heterocycles. The Morgan fingerprint density at radius 2 is 1.81 bits per heavy atom. The minimum absolute atomic E-state index is 0. The van der Waals surface area contributed by atoms with E-state index < -0.39 is 27.9 Å². The summed E-state index contributed by atoms with van der Waals surface area (Å²) in [6.45, 7) is -1.80. The molecule has 21 heavy (non-hydrogen) atoms. The average Bonchev–Trinajstić information content (AvgIpc) is 2.36. The zero-order valence-electron chi connectivity index (χ0n) is 11.3. The molecule has 0 spiro atoms. The molecule has 112 valence electrons. The summed E-state index contributed by atoms with van der Waals surface area (Å²) in [5.74, 6) is -0.524. The van der Waals surface area contributed by atoms with Gasteiger partial charge >= 0.3 is 40.8 Å². The fraction of sp³-hybridized carbons (Fsp3) is 0.364. The van der Waals surface area contributed by atoms with Crippen LogP contribution in [0.2, 0.25) is 0 Å². The Hall–Kier alpha value is -0.740. The molecule has 0 N–H and O–H groups in total. The first-order chi connectivity index (χ1) is 9.15. The van der Waals surface area contributed by atoms with Gasteiger partial charge in [0.15, 0.2) is 16.7 Å². The molecule has 0 fully saturated rings. The maximum absolute atomic E-state index is 12.7. The largest absolute Gasteiger partial charge is 1.00 e. The summed E-state index contributed by atoms with van der Waals surface area (Å²) < 4.78 is 65.0. The third-order valence-corrected chi connectivity index (χ3v) is 3.12. The molecule has 0 unspecified atom stereocenters. The summed E-state index contributed by atoms with van der Waals surface area (Å²) in [5.41, 5.74) is 0.462. The van der Waals surface area contributed by atoms with Crippen LogP contribution in [0.5, 0.6) is 5.75 Å². The van der Waals surface area contributed by atoms with Crippen molar-refractivity contribution < 1.29 is 65.6 Å². The van der Waals surface area contributed by atoms with Crippen LogP contribution in [0.3, 0.4) is 0 Å². The molecule has 6 nitrogen and oxygen atoms in total. The smallest absolute Gasteiger partial charge is 0.743 e. The fourth-order valence-electron chi connectivity index (χ4n) is 1.20. The van der Waals surface area contributed by atoms with Crippen molar-refractivity contribution in [3.05, 3.63) is 29.8 Å². The molecule has 1 aromatic carbocycles. The third kappa shape index (κ3) is 6.27. The summed E-state index contributed by atoms with van der Waals surface area (Å²) in [4.78, 5) is 11.3. The molecule has 0 heterocycles. The van der Waals surface area contributed by atoms with Gasteiger partial charge in [0, 0.05) is 0 Å². The third-order valence-electron chi connectivity index (χ3n) is 2.27. The monoisotopic (exact) mass is 332 g/mol. The van der Waals surface area contributed by atoms with Crippen LogP contribution in [0.4, 0.5) is 8.78 Å². The first-order valence-corrected chi connectivity index (χ1v) is 6.68. The zero-order valence-corrected chi connectivity index (χ0v) is 14.2. The minimum atomic E-state index is -5.86. The number of halogens is 2. The summed E-state index contributed by atoms with van der Waals surface area (Å²) in [7, 11) is -4.40. The van der Waals surface area contributed by atoms with Crippen LogP contribution in [-0.2, 0) is 26.1 Å². The van der Waals surface area contributed by atoms with Gasteiger partial charge in [-0.25, -0.2) is 8.42 Å². The fourth-order valence-corrected chi connectivity index (χ4v) is 1.40. The van der Waals surface area contributed by atoms with Crippen LogP contribution in [0, 0.1) is 0 Å². The van der Waals surface area contributed by atoms with Crippen molar-refractivity contribution in [3.8, 4) is 5.75 Å². The van der Waals surface area contributed by atoms with E-state index in [9.17, 15) is 26.5 Å². The van der Waals surface area contributed by atoms with E-state index in [1.807, 2.05) is 0 Å². The Labute approximate surface area is 142 Å². The molecular weight excluding hydrogens is 321 g/mol. The normalized spacial score (nSPS) is 11.4. The molecule has 0 amide bonds. The number of methoxy groups -OCH3 is 1. The van der Waals surface area contributed by atoms with E-state index in [1.165, 1.54) is 19.2 Å². The standard InChI is InChI=1S/C11H12F2O6S.Na/c1-18-9-4-2-8(3-5-9)6-10(14)19-7-11(12,13)20(15,16)17;/h2-5H,6-7H2,1H3,(H,15,16,17);/q;+1/p-1. The topological polar surface area (TPSA) is 92.7 Å². The van der Waals surface area contributed by atoms with E-state index >= 15 is 0 Å². The molecule has 0 aliphatic rings. The number of ether oxygens (including phenoxy) is 2. The van der Waals surface area contributed by atoms with Crippen molar-refractivity contribution in [2.75, 3.05) is 13.7 Å². The second-order valence-electron chi connectivity index (χ2n) is 3.78. The molecule has 0 saturated carbocycles. The van der Waals surface area contributed by atoms with Crippen LogP contribution >= 0.6 is 0 Å². The van der Waals surface area contributed by atoms with Gasteiger partial charge in [-0.3, -0.25) is 4.79 Å². The van der Waals surface area contributed by atoms with Crippen molar-refractivity contribution in [3.63, 3.8) is 0 Å². The number of carbonyl (C=O) groups is 1. The SMILES string of the molecule is COc1ccc(CC(=O)OCC(F)(F)S(=O)(=O)[O-])cc1.[Na+]. The Morgan fingerprint density at radius 1 is 1.29 bits per heavy atom. The number of carbonyl (C=O) groups excluding carboxylic acids is 1. The Bertz CT molecular complexity index is 573. The number of alkyl halides is 2. The van der Waals surface area contributed by atoms with Gasteiger partial charge in [0.05, 0.1) is 13.5 Å². The second-order valence-corrected chi connectivity index (χ2v) is 5.28. The van der Waals surface area contributed by atoms with Gasteiger partial charge in [0.2, 0.25) is 0 Å². The first kappa shape index (κ1) is 20.3. The minimum Gasteiger partial charge on any atom is -0.743 e. The Balaban J connectivity index is 0.00000400. The molecule has 0 radical (unpaired) electrons. The van der Waals surface area contributed by atoms with Crippen molar-refractivity contribution in [1.82, 2.24) is 0 Å². The van der Waals surface area contributed by atoms with Crippen LogP contribution in [-0.4, -0.2) is 37.9 Å².